The summed E-state index contributed by atoms with van der Waals surface area (Å²) in [6, 6.07) is 22.8. The molecular formula is C34H33BrN4O6S. The summed E-state index contributed by atoms with van der Waals surface area (Å²) in [7, 11) is -0.875. The summed E-state index contributed by atoms with van der Waals surface area (Å²) >= 11 is 3.67. The molecule has 238 valence electrons. The highest BCUT2D eigenvalue weighted by Crippen LogP contribution is 2.38. The molecule has 12 heteroatoms. The van der Waals surface area contributed by atoms with E-state index in [1.165, 1.54) is 11.4 Å². The predicted molar refractivity (Wildman–Crippen MR) is 177 cm³/mol. The number of hydrogen-bond donors (Lipinski definition) is 0. The van der Waals surface area contributed by atoms with Gasteiger partial charge in [-0.15, -0.1) is 5.10 Å². The van der Waals surface area contributed by atoms with Crippen LogP contribution in [-0.2, 0) is 46.6 Å². The zero-order valence-corrected chi connectivity index (χ0v) is 28.3. The van der Waals surface area contributed by atoms with Crippen LogP contribution in [0.15, 0.2) is 77.3 Å². The topological polar surface area (TPSA) is 113 Å². The Kier molecular flexibility index (Phi) is 8.86. The molecule has 0 saturated carbocycles. The molecular weight excluding hydrogens is 672 g/mol. The van der Waals surface area contributed by atoms with E-state index in [1.54, 1.807) is 16.8 Å². The van der Waals surface area contributed by atoms with Crippen LogP contribution in [0.1, 0.15) is 51.3 Å². The number of aryl methyl sites for hydroxylation is 3. The van der Waals surface area contributed by atoms with Gasteiger partial charge in [0.2, 0.25) is 0 Å². The zero-order valence-electron chi connectivity index (χ0n) is 25.9. The first-order valence-corrected chi connectivity index (χ1v) is 16.8. The monoisotopic (exact) mass is 704 g/mol. The minimum atomic E-state index is -4.07. The Morgan fingerprint density at radius 1 is 1.07 bits per heavy atom. The standard InChI is InChI=1S/C34H33BrN4O6S/c1-21-10-11-24(29(17-32(40)43-4)28-16-30(35)34-33(22(28)2)36-37-38(34)3)14-25(21)18-39-19-26-15-27(12-13-31(26)45-46(39,41)42)44-20-23-8-6-5-7-9-23/h5-16,29H,17-20H2,1-4H3. The number of halogens is 1. The van der Waals surface area contributed by atoms with E-state index < -0.39 is 10.3 Å². The van der Waals surface area contributed by atoms with E-state index in [2.05, 4.69) is 26.2 Å². The molecule has 1 atom stereocenters. The first-order valence-electron chi connectivity index (χ1n) is 14.7. The van der Waals surface area contributed by atoms with Gasteiger partial charge in [0.15, 0.2) is 0 Å². The fraction of sp³-hybridized carbons (Fsp3) is 0.265. The van der Waals surface area contributed by atoms with Crippen molar-refractivity contribution in [1.29, 1.82) is 0 Å². The van der Waals surface area contributed by atoms with Crippen molar-refractivity contribution in [3.8, 4) is 11.5 Å². The number of carbonyl (C=O) groups excluding carboxylic acids is 1. The number of carbonyl (C=O) groups is 1. The molecule has 1 unspecified atom stereocenters. The van der Waals surface area contributed by atoms with Crippen molar-refractivity contribution in [1.82, 2.24) is 19.3 Å². The van der Waals surface area contributed by atoms with Crippen molar-refractivity contribution in [2.45, 2.75) is 45.9 Å². The van der Waals surface area contributed by atoms with Gasteiger partial charge in [0.1, 0.15) is 29.1 Å². The summed E-state index contributed by atoms with van der Waals surface area (Å²) in [5.74, 6) is 0.160. The lowest BCUT2D eigenvalue weighted by Gasteiger charge is -2.29. The summed E-state index contributed by atoms with van der Waals surface area (Å²) in [4.78, 5) is 12.7. The Morgan fingerprint density at radius 2 is 1.85 bits per heavy atom. The molecule has 1 aliphatic rings. The van der Waals surface area contributed by atoms with Crippen molar-refractivity contribution in [2.24, 2.45) is 7.05 Å². The van der Waals surface area contributed by atoms with Crippen molar-refractivity contribution in [3.63, 3.8) is 0 Å². The van der Waals surface area contributed by atoms with Gasteiger partial charge < -0.3 is 13.7 Å². The number of fused-ring (bicyclic) bond motifs is 2. The second-order valence-corrected chi connectivity index (χ2v) is 13.7. The maximum atomic E-state index is 13.3. The predicted octanol–water partition coefficient (Wildman–Crippen LogP) is 6.26. The number of ether oxygens (including phenoxy) is 2. The van der Waals surface area contributed by atoms with E-state index in [4.69, 9.17) is 13.7 Å². The van der Waals surface area contributed by atoms with Crippen molar-refractivity contribution in [3.05, 3.63) is 116 Å². The lowest BCUT2D eigenvalue weighted by molar-refractivity contribution is -0.140. The summed E-state index contributed by atoms with van der Waals surface area (Å²) in [6.07, 6.45) is 0.0856. The molecule has 1 aliphatic heterocycles. The first kappa shape index (κ1) is 31.7. The zero-order chi connectivity index (χ0) is 32.6. The van der Waals surface area contributed by atoms with Gasteiger partial charge in [0.25, 0.3) is 0 Å². The van der Waals surface area contributed by atoms with Gasteiger partial charge in [0.05, 0.1) is 13.5 Å². The largest absolute Gasteiger partial charge is 0.489 e. The van der Waals surface area contributed by atoms with E-state index in [0.29, 0.717) is 17.9 Å². The quantitative estimate of drug-likeness (QED) is 0.165. The molecule has 0 bridgehead atoms. The molecule has 0 aliphatic carbocycles. The number of rotatable bonds is 9. The Bertz CT molecular complexity index is 2050. The van der Waals surface area contributed by atoms with Gasteiger partial charge in [-0.3, -0.25) is 4.79 Å². The molecule has 0 spiro atoms. The molecule has 5 aromatic rings. The van der Waals surface area contributed by atoms with Crippen LogP contribution in [0, 0.1) is 13.8 Å². The van der Waals surface area contributed by atoms with Crippen molar-refractivity contribution < 1.29 is 26.9 Å². The molecule has 0 radical (unpaired) electrons. The average molecular weight is 706 g/mol. The molecule has 10 nitrogen and oxygen atoms in total. The highest BCUT2D eigenvalue weighted by Gasteiger charge is 2.33. The number of hydrogen-bond acceptors (Lipinski definition) is 8. The van der Waals surface area contributed by atoms with E-state index in [0.717, 1.165) is 48.9 Å². The summed E-state index contributed by atoms with van der Waals surface area (Å²) in [5.41, 5.74) is 7.65. The SMILES string of the molecule is COC(=O)CC(c1ccc(C)c(CN2Cc3cc(OCc4ccccc4)ccc3OS2(=O)=O)c1)c1cc(Br)c2c(nnn2C)c1C. The summed E-state index contributed by atoms with van der Waals surface area (Å²) in [5, 5.41) is 8.54. The Hall–Kier alpha value is -4.26. The van der Waals surface area contributed by atoms with E-state index in [-0.39, 0.29) is 37.1 Å². The normalized spacial score (nSPS) is 14.8. The third-order valence-corrected chi connectivity index (χ3v) is 10.2. The number of nitrogens with zero attached hydrogens (tertiary/aromatic N) is 4. The molecule has 6 rings (SSSR count). The Balaban J connectivity index is 1.31. The van der Waals surface area contributed by atoms with Crippen molar-refractivity contribution in [2.75, 3.05) is 7.11 Å². The van der Waals surface area contributed by atoms with Crippen LogP contribution < -0.4 is 8.92 Å². The molecule has 0 saturated heterocycles. The summed E-state index contributed by atoms with van der Waals surface area (Å²) in [6.45, 7) is 4.48. The second-order valence-electron chi connectivity index (χ2n) is 11.4. The minimum Gasteiger partial charge on any atom is -0.489 e. The van der Waals surface area contributed by atoms with Gasteiger partial charge in [-0.1, -0.05) is 53.7 Å². The van der Waals surface area contributed by atoms with E-state index >= 15 is 0 Å². The first-order chi connectivity index (χ1) is 22.0. The fourth-order valence-corrected chi connectivity index (χ4v) is 7.56. The number of benzene rings is 4. The third-order valence-electron chi connectivity index (χ3n) is 8.36. The van der Waals surface area contributed by atoms with Crippen LogP contribution in [-0.4, -0.2) is 40.8 Å². The Labute approximate surface area is 276 Å². The van der Waals surface area contributed by atoms with Gasteiger partial charge in [-0.2, -0.15) is 12.7 Å². The highest BCUT2D eigenvalue weighted by atomic mass is 79.9. The van der Waals surface area contributed by atoms with Crippen LogP contribution in [0.4, 0.5) is 0 Å². The Morgan fingerprint density at radius 3 is 2.61 bits per heavy atom. The van der Waals surface area contributed by atoms with Crippen LogP contribution in [0.5, 0.6) is 11.5 Å². The average Bonchev–Trinajstić information content (AvgIpc) is 3.44. The van der Waals surface area contributed by atoms with Crippen LogP contribution in [0.3, 0.4) is 0 Å². The van der Waals surface area contributed by atoms with Gasteiger partial charge in [-0.25, -0.2) is 4.68 Å². The van der Waals surface area contributed by atoms with Crippen molar-refractivity contribution >= 4 is 43.2 Å². The molecule has 2 heterocycles. The molecule has 4 aromatic carbocycles. The van der Waals surface area contributed by atoms with E-state index in [9.17, 15) is 13.2 Å². The lowest BCUT2D eigenvalue weighted by Crippen LogP contribution is -2.37. The molecule has 46 heavy (non-hydrogen) atoms. The highest BCUT2D eigenvalue weighted by molar-refractivity contribution is 9.10. The third kappa shape index (κ3) is 6.37. The second kappa shape index (κ2) is 12.9. The van der Waals surface area contributed by atoms with Crippen LogP contribution in [0.25, 0.3) is 11.0 Å². The maximum Gasteiger partial charge on any atom is 0.385 e. The van der Waals surface area contributed by atoms with Gasteiger partial charge >= 0.3 is 16.3 Å². The molecule has 0 amide bonds. The molecule has 0 N–H and O–H groups in total. The number of aromatic nitrogens is 3. The maximum absolute atomic E-state index is 13.3. The van der Waals surface area contributed by atoms with Crippen LogP contribution in [0.2, 0.25) is 0 Å². The van der Waals surface area contributed by atoms with Gasteiger partial charge in [-0.05, 0) is 87.4 Å². The van der Waals surface area contributed by atoms with Crippen LogP contribution >= 0.6 is 15.9 Å². The lowest BCUT2D eigenvalue weighted by atomic mass is 9.84. The smallest absolute Gasteiger partial charge is 0.385 e. The fourth-order valence-electron chi connectivity index (χ4n) is 5.78. The summed E-state index contributed by atoms with van der Waals surface area (Å²) < 4.78 is 46.9. The van der Waals surface area contributed by atoms with Gasteiger partial charge in [0, 0.05) is 36.1 Å². The number of esters is 1. The number of methoxy groups -OCH3 is 1. The van der Waals surface area contributed by atoms with E-state index in [1.807, 2.05) is 81.6 Å². The molecule has 0 fully saturated rings. The minimum absolute atomic E-state index is 0.0767. The molecule has 1 aromatic heterocycles.